The van der Waals surface area contributed by atoms with Crippen LogP contribution < -0.4 is 4.74 Å². The molecule has 0 aliphatic carbocycles. The quantitative estimate of drug-likeness (QED) is 0.696. The average molecular weight is 393 g/mol. The summed E-state index contributed by atoms with van der Waals surface area (Å²) in [5.41, 5.74) is -0.853. The van der Waals surface area contributed by atoms with Crippen LogP contribution in [0.4, 0.5) is 13.2 Å². The van der Waals surface area contributed by atoms with Crippen molar-refractivity contribution in [3.05, 3.63) is 34.8 Å². The zero-order valence-electron chi connectivity index (χ0n) is 13.7. The van der Waals surface area contributed by atoms with E-state index in [1.54, 1.807) is 7.05 Å². The summed E-state index contributed by atoms with van der Waals surface area (Å²) in [5.74, 6) is -0.287. The Labute approximate surface area is 151 Å². The van der Waals surface area contributed by atoms with Gasteiger partial charge in [-0.25, -0.2) is 0 Å². The number of likely N-dealkylation sites (N-methyl/N-ethyl adjacent to an activating group) is 1. The summed E-state index contributed by atoms with van der Waals surface area (Å²) < 4.78 is 44.7. The Morgan fingerprint density at radius 3 is 2.68 bits per heavy atom. The molecule has 0 fully saturated rings. The lowest BCUT2D eigenvalue weighted by molar-refractivity contribution is -0.139. The predicted octanol–water partition coefficient (Wildman–Crippen LogP) is 3.15. The van der Waals surface area contributed by atoms with E-state index in [-0.39, 0.29) is 18.9 Å². The molecule has 10 heteroatoms. The van der Waals surface area contributed by atoms with Crippen LogP contribution in [0, 0.1) is 0 Å². The summed E-state index contributed by atoms with van der Waals surface area (Å²) in [4.78, 5) is 1.81. The third-order valence-corrected chi connectivity index (χ3v) is 5.06. The molecule has 1 aromatic carbocycles. The second-order valence-electron chi connectivity index (χ2n) is 5.32. The number of aromatic nitrogens is 2. The van der Waals surface area contributed by atoms with E-state index in [0.717, 1.165) is 15.4 Å². The molecule has 1 N–H and O–H groups in total. The number of hydrogen-bond acceptors (Lipinski definition) is 7. The number of rotatable bonds is 8. The maximum atomic E-state index is 12.9. The largest absolute Gasteiger partial charge is 0.490 e. The molecular weight excluding hydrogens is 375 g/mol. The van der Waals surface area contributed by atoms with Gasteiger partial charge in [0.2, 0.25) is 0 Å². The maximum absolute atomic E-state index is 12.9. The highest BCUT2D eigenvalue weighted by Crippen LogP contribution is 2.35. The number of aliphatic hydroxyl groups excluding tert-OH is 1. The highest BCUT2D eigenvalue weighted by Gasteiger charge is 2.34. The third-order valence-electron chi connectivity index (χ3n) is 3.17. The molecule has 5 nitrogen and oxygen atoms in total. The molecular formula is C15H18F3N3O2S2. The van der Waals surface area contributed by atoms with E-state index in [1.807, 2.05) is 11.2 Å². The smallest absolute Gasteiger partial charge is 0.419 e. The van der Waals surface area contributed by atoms with Crippen molar-refractivity contribution in [3.63, 3.8) is 0 Å². The van der Waals surface area contributed by atoms with Gasteiger partial charge < -0.3 is 9.84 Å². The average Bonchev–Trinajstić information content (AvgIpc) is 2.99. The van der Waals surface area contributed by atoms with Crippen LogP contribution in [0.15, 0.2) is 28.6 Å². The van der Waals surface area contributed by atoms with Crippen LogP contribution in [-0.4, -0.2) is 52.8 Å². The van der Waals surface area contributed by atoms with Crippen molar-refractivity contribution in [2.75, 3.05) is 26.5 Å². The van der Waals surface area contributed by atoms with Crippen molar-refractivity contribution in [1.29, 1.82) is 0 Å². The Morgan fingerprint density at radius 2 is 2.04 bits per heavy atom. The molecule has 0 radical (unpaired) electrons. The molecule has 0 spiro atoms. The normalized spacial score (nSPS) is 13.2. The van der Waals surface area contributed by atoms with Crippen LogP contribution in [-0.2, 0) is 12.7 Å². The minimum absolute atomic E-state index is 0.233. The first-order valence-electron chi connectivity index (χ1n) is 7.31. The Hall–Kier alpha value is -1.36. The standard InChI is InChI=1S/C15H18F3N3O2S2/c1-21(8-13-19-20-14(24-2)25-13)7-10(22)9-23-12-6-4-3-5-11(12)15(16,17)18/h3-6,10,22H,7-9H2,1-2H3/t10-/m1/s1. The molecule has 1 aromatic heterocycles. The first kappa shape index (κ1) is 20.0. The number of nitrogens with zero attached hydrogens (tertiary/aromatic N) is 3. The van der Waals surface area contributed by atoms with Gasteiger partial charge in [-0.15, -0.1) is 10.2 Å². The van der Waals surface area contributed by atoms with Gasteiger partial charge in [0.05, 0.1) is 12.1 Å². The van der Waals surface area contributed by atoms with Gasteiger partial charge in [0, 0.05) is 6.54 Å². The Kier molecular flexibility index (Phi) is 7.05. The minimum atomic E-state index is -4.49. The third kappa shape index (κ3) is 6.14. The monoisotopic (exact) mass is 393 g/mol. The summed E-state index contributed by atoms with van der Waals surface area (Å²) in [6, 6.07) is 4.95. The lowest BCUT2D eigenvalue weighted by atomic mass is 10.2. The number of hydrogen-bond donors (Lipinski definition) is 1. The number of thioether (sulfide) groups is 1. The van der Waals surface area contributed by atoms with Crippen LogP contribution in [0.5, 0.6) is 5.75 Å². The number of benzene rings is 1. The van der Waals surface area contributed by atoms with Gasteiger partial charge in [-0.05, 0) is 25.4 Å². The summed E-state index contributed by atoms with van der Waals surface area (Å²) in [6.45, 7) is 0.500. The van der Waals surface area contributed by atoms with Gasteiger partial charge in [0.15, 0.2) is 4.34 Å². The fourth-order valence-electron chi connectivity index (χ4n) is 2.11. The lowest BCUT2D eigenvalue weighted by Crippen LogP contribution is -2.33. The first-order chi connectivity index (χ1) is 11.8. The van der Waals surface area contributed by atoms with E-state index in [0.29, 0.717) is 6.54 Å². The van der Waals surface area contributed by atoms with Crippen LogP contribution in [0.3, 0.4) is 0 Å². The Balaban J connectivity index is 1.85. The zero-order valence-corrected chi connectivity index (χ0v) is 15.3. The van der Waals surface area contributed by atoms with E-state index in [9.17, 15) is 18.3 Å². The van der Waals surface area contributed by atoms with Crippen molar-refractivity contribution in [2.45, 2.75) is 23.2 Å². The van der Waals surface area contributed by atoms with Crippen molar-refractivity contribution in [3.8, 4) is 5.75 Å². The Bertz CT molecular complexity index is 682. The van der Waals surface area contributed by atoms with E-state index >= 15 is 0 Å². The molecule has 0 bridgehead atoms. The van der Waals surface area contributed by atoms with Crippen LogP contribution in [0.2, 0.25) is 0 Å². The molecule has 0 saturated carbocycles. The number of ether oxygens (including phenoxy) is 1. The second kappa shape index (κ2) is 8.84. The fraction of sp³-hybridized carbons (Fsp3) is 0.467. The van der Waals surface area contributed by atoms with Crippen LogP contribution >= 0.6 is 23.1 Å². The number of halogens is 3. The van der Waals surface area contributed by atoms with Gasteiger partial charge in [0.25, 0.3) is 0 Å². The molecule has 0 saturated heterocycles. The second-order valence-corrected chi connectivity index (χ2v) is 7.44. The zero-order chi connectivity index (χ0) is 18.4. The van der Waals surface area contributed by atoms with Crippen molar-refractivity contribution in [1.82, 2.24) is 15.1 Å². The van der Waals surface area contributed by atoms with Gasteiger partial charge >= 0.3 is 6.18 Å². The minimum Gasteiger partial charge on any atom is -0.490 e. The predicted molar refractivity (Wildman–Crippen MR) is 91.0 cm³/mol. The molecule has 0 aliphatic rings. The SMILES string of the molecule is CSc1nnc(CN(C)C[C@@H](O)COc2ccccc2C(F)(F)F)s1. The van der Waals surface area contributed by atoms with Gasteiger partial charge in [-0.2, -0.15) is 13.2 Å². The topological polar surface area (TPSA) is 58.5 Å². The summed E-state index contributed by atoms with van der Waals surface area (Å²) in [7, 11) is 1.78. The number of alkyl halides is 3. The molecule has 2 aromatic rings. The Morgan fingerprint density at radius 1 is 1.32 bits per heavy atom. The highest BCUT2D eigenvalue weighted by atomic mass is 32.2. The van der Waals surface area contributed by atoms with Crippen LogP contribution in [0.25, 0.3) is 0 Å². The maximum Gasteiger partial charge on any atom is 0.419 e. The van der Waals surface area contributed by atoms with Gasteiger partial charge in [0.1, 0.15) is 23.5 Å². The van der Waals surface area contributed by atoms with E-state index in [4.69, 9.17) is 4.74 Å². The molecule has 25 heavy (non-hydrogen) atoms. The number of para-hydroxylation sites is 1. The van der Waals surface area contributed by atoms with E-state index in [2.05, 4.69) is 10.2 Å². The molecule has 0 unspecified atom stereocenters. The highest BCUT2D eigenvalue weighted by molar-refractivity contribution is 8.00. The van der Waals surface area contributed by atoms with Crippen LogP contribution in [0.1, 0.15) is 10.6 Å². The lowest BCUT2D eigenvalue weighted by Gasteiger charge is -2.20. The number of aliphatic hydroxyl groups is 1. The van der Waals surface area contributed by atoms with Crippen molar-refractivity contribution >= 4 is 23.1 Å². The molecule has 0 aliphatic heterocycles. The van der Waals surface area contributed by atoms with Gasteiger partial charge in [-0.1, -0.05) is 35.2 Å². The van der Waals surface area contributed by atoms with Crippen molar-refractivity contribution < 1.29 is 23.0 Å². The molecule has 1 atom stereocenters. The van der Waals surface area contributed by atoms with E-state index in [1.165, 1.54) is 41.3 Å². The van der Waals surface area contributed by atoms with Crippen molar-refractivity contribution in [2.24, 2.45) is 0 Å². The first-order valence-corrected chi connectivity index (χ1v) is 9.35. The molecule has 138 valence electrons. The summed E-state index contributed by atoms with van der Waals surface area (Å²) >= 11 is 2.97. The molecule has 2 rings (SSSR count). The molecule has 0 amide bonds. The van der Waals surface area contributed by atoms with E-state index < -0.39 is 17.8 Å². The fourth-order valence-corrected chi connectivity index (χ4v) is 3.50. The van der Waals surface area contributed by atoms with Gasteiger partial charge in [-0.3, -0.25) is 4.90 Å². The summed E-state index contributed by atoms with van der Waals surface area (Å²) in [5, 5.41) is 18.8. The molecule has 1 heterocycles. The summed E-state index contributed by atoms with van der Waals surface area (Å²) in [6.07, 6.45) is -3.52.